The van der Waals surface area contributed by atoms with E-state index in [9.17, 15) is 4.39 Å². The summed E-state index contributed by atoms with van der Waals surface area (Å²) >= 11 is 1.12. The van der Waals surface area contributed by atoms with Crippen molar-refractivity contribution in [1.82, 2.24) is 9.59 Å². The average Bonchev–Trinajstić information content (AvgIpc) is 2.78. The molecule has 3 N–H and O–H groups in total. The number of anilines is 1. The molecule has 0 saturated carbocycles. The summed E-state index contributed by atoms with van der Waals surface area (Å²) in [6, 6.07) is 4.98. The summed E-state index contributed by atoms with van der Waals surface area (Å²) in [6.45, 7) is 1.80. The average molecular weight is 254 g/mol. The minimum Gasteiger partial charge on any atom is -0.484 e. The number of nitrogen functional groups attached to an aromatic ring is 1. The Kier molecular flexibility index (Phi) is 3.50. The Labute approximate surface area is 102 Å². The third-order valence-corrected chi connectivity index (χ3v) is 2.91. The smallest absolute Gasteiger partial charge is 0.167 e. The summed E-state index contributed by atoms with van der Waals surface area (Å²) in [6.07, 6.45) is 0. The zero-order valence-electron chi connectivity index (χ0n) is 9.11. The van der Waals surface area contributed by atoms with Crippen LogP contribution in [-0.2, 0) is 6.61 Å². The third-order valence-electron chi connectivity index (χ3n) is 2.21. The van der Waals surface area contributed by atoms with Crippen molar-refractivity contribution < 1.29 is 9.13 Å². The summed E-state index contributed by atoms with van der Waals surface area (Å²) in [7, 11) is 0. The first-order valence-electron chi connectivity index (χ1n) is 4.88. The number of hydrogen-bond acceptors (Lipinski definition) is 6. The van der Waals surface area contributed by atoms with E-state index < -0.39 is 0 Å². The van der Waals surface area contributed by atoms with Gasteiger partial charge in [-0.15, -0.1) is 5.10 Å². The quantitative estimate of drug-likeness (QED) is 0.643. The van der Waals surface area contributed by atoms with Crippen molar-refractivity contribution in [3.63, 3.8) is 0 Å². The molecular weight excluding hydrogens is 243 g/mol. The van der Waals surface area contributed by atoms with E-state index >= 15 is 0 Å². The maximum Gasteiger partial charge on any atom is 0.167 e. The topological polar surface area (TPSA) is 73.1 Å². The van der Waals surface area contributed by atoms with Crippen LogP contribution in [0.15, 0.2) is 18.2 Å². The zero-order chi connectivity index (χ0) is 12.3. The lowest BCUT2D eigenvalue weighted by Crippen LogP contribution is -2.09. The Morgan fingerprint density at radius 2 is 2.35 bits per heavy atom. The summed E-state index contributed by atoms with van der Waals surface area (Å²) in [5, 5.41) is 4.44. The number of ether oxygens (including phenoxy) is 1. The first kappa shape index (κ1) is 11.7. The van der Waals surface area contributed by atoms with Crippen LogP contribution in [0.25, 0.3) is 0 Å². The highest BCUT2D eigenvalue weighted by Crippen LogP contribution is 2.22. The molecular formula is C10H11FN4OS. The second-order valence-electron chi connectivity index (χ2n) is 3.37. The van der Waals surface area contributed by atoms with E-state index in [0.717, 1.165) is 11.5 Å². The van der Waals surface area contributed by atoms with Gasteiger partial charge in [-0.1, -0.05) is 16.6 Å². The second-order valence-corrected chi connectivity index (χ2v) is 4.12. The number of hydrogen-bond donors (Lipinski definition) is 2. The van der Waals surface area contributed by atoms with Crippen LogP contribution in [-0.4, -0.2) is 9.59 Å². The van der Waals surface area contributed by atoms with E-state index in [4.69, 9.17) is 10.6 Å². The van der Waals surface area contributed by atoms with Crippen molar-refractivity contribution in [3.05, 3.63) is 35.3 Å². The Balaban J connectivity index is 2.10. The molecule has 7 heteroatoms. The molecule has 2 aromatic rings. The monoisotopic (exact) mass is 254 g/mol. The van der Waals surface area contributed by atoms with Crippen LogP contribution in [0.1, 0.15) is 11.3 Å². The van der Waals surface area contributed by atoms with Gasteiger partial charge in [0, 0.05) is 11.5 Å². The van der Waals surface area contributed by atoms with E-state index in [2.05, 4.69) is 15.0 Å². The number of hydrazine groups is 1. The summed E-state index contributed by atoms with van der Waals surface area (Å²) < 4.78 is 22.7. The van der Waals surface area contributed by atoms with Gasteiger partial charge in [0.1, 0.15) is 12.3 Å². The highest BCUT2D eigenvalue weighted by Gasteiger charge is 2.10. The molecule has 5 nitrogen and oxygen atoms in total. The van der Waals surface area contributed by atoms with E-state index in [1.165, 1.54) is 0 Å². The van der Waals surface area contributed by atoms with Gasteiger partial charge in [0.2, 0.25) is 0 Å². The van der Waals surface area contributed by atoms with Gasteiger partial charge in [0.05, 0.1) is 0 Å². The Hall–Kier alpha value is -1.73. The first-order chi connectivity index (χ1) is 8.22. The van der Waals surface area contributed by atoms with E-state index in [1.807, 2.05) is 0 Å². The van der Waals surface area contributed by atoms with Gasteiger partial charge < -0.3 is 10.2 Å². The normalized spacial score (nSPS) is 10.3. The largest absolute Gasteiger partial charge is 0.484 e. The molecule has 1 heterocycles. The van der Waals surface area contributed by atoms with Gasteiger partial charge in [-0.25, -0.2) is 10.2 Å². The molecule has 90 valence electrons. The van der Waals surface area contributed by atoms with E-state index in [0.29, 0.717) is 16.3 Å². The van der Waals surface area contributed by atoms with Gasteiger partial charge in [-0.05, 0) is 18.6 Å². The summed E-state index contributed by atoms with van der Waals surface area (Å²) in [5.41, 5.74) is 3.55. The number of aryl methyl sites for hydroxylation is 1. The number of nitrogens with zero attached hydrogens (tertiary/aromatic N) is 2. The molecule has 0 amide bonds. The van der Waals surface area contributed by atoms with E-state index in [1.54, 1.807) is 25.1 Å². The highest BCUT2D eigenvalue weighted by atomic mass is 32.1. The molecule has 2 rings (SSSR count). The molecule has 17 heavy (non-hydrogen) atoms. The van der Waals surface area contributed by atoms with Crippen molar-refractivity contribution in [1.29, 1.82) is 0 Å². The number of rotatable bonds is 4. The maximum absolute atomic E-state index is 13.6. The summed E-state index contributed by atoms with van der Waals surface area (Å²) in [5.74, 6) is 5.10. The molecule has 0 bridgehead atoms. The lowest BCUT2D eigenvalue weighted by atomic mass is 10.2. The molecule has 0 radical (unpaired) electrons. The van der Waals surface area contributed by atoms with Gasteiger partial charge >= 0.3 is 0 Å². The van der Waals surface area contributed by atoms with Crippen molar-refractivity contribution in [3.8, 4) is 5.75 Å². The Morgan fingerprint density at radius 3 is 3.12 bits per heavy atom. The molecule has 0 aliphatic rings. The number of nitrogens with two attached hydrogens (primary N) is 1. The number of halogens is 1. The predicted molar refractivity (Wildman–Crippen MR) is 63.2 cm³/mol. The predicted octanol–water partition coefficient (Wildman–Crippen LogP) is 1.85. The van der Waals surface area contributed by atoms with Crippen molar-refractivity contribution in [2.45, 2.75) is 13.5 Å². The SMILES string of the molecule is Cc1cccc(OCc2nnsc2NN)c1F. The fourth-order valence-electron chi connectivity index (χ4n) is 1.29. The van der Waals surface area contributed by atoms with Crippen LogP contribution >= 0.6 is 11.5 Å². The van der Waals surface area contributed by atoms with Gasteiger partial charge in [-0.2, -0.15) is 0 Å². The van der Waals surface area contributed by atoms with Crippen molar-refractivity contribution in [2.24, 2.45) is 5.84 Å². The van der Waals surface area contributed by atoms with Gasteiger partial charge in [-0.3, -0.25) is 0 Å². The molecule has 0 aliphatic heterocycles. The molecule has 0 unspecified atom stereocenters. The Morgan fingerprint density at radius 1 is 1.53 bits per heavy atom. The van der Waals surface area contributed by atoms with Crippen LogP contribution < -0.4 is 16.0 Å². The molecule has 0 aliphatic carbocycles. The number of benzene rings is 1. The van der Waals surface area contributed by atoms with Gasteiger partial charge in [0.15, 0.2) is 16.6 Å². The van der Waals surface area contributed by atoms with Crippen LogP contribution in [0.2, 0.25) is 0 Å². The number of aromatic nitrogens is 2. The molecule has 1 aromatic heterocycles. The fourth-order valence-corrected chi connectivity index (χ4v) is 1.77. The molecule has 0 fully saturated rings. The molecule has 0 saturated heterocycles. The van der Waals surface area contributed by atoms with Gasteiger partial charge in [0.25, 0.3) is 0 Å². The van der Waals surface area contributed by atoms with Crippen LogP contribution in [0, 0.1) is 12.7 Å². The first-order valence-corrected chi connectivity index (χ1v) is 5.65. The minimum atomic E-state index is -0.363. The lowest BCUT2D eigenvalue weighted by molar-refractivity contribution is 0.285. The lowest BCUT2D eigenvalue weighted by Gasteiger charge is -2.07. The molecule has 1 aromatic carbocycles. The van der Waals surface area contributed by atoms with Crippen molar-refractivity contribution in [2.75, 3.05) is 5.43 Å². The fraction of sp³-hybridized carbons (Fsp3) is 0.200. The van der Waals surface area contributed by atoms with Crippen molar-refractivity contribution >= 4 is 16.5 Å². The standard InChI is InChI=1S/C10H11FN4OS/c1-6-3-2-4-8(9(6)11)16-5-7-10(13-12)17-15-14-7/h2-4,13H,5,12H2,1H3. The minimum absolute atomic E-state index is 0.121. The molecule has 0 atom stereocenters. The maximum atomic E-state index is 13.6. The molecule has 0 spiro atoms. The third kappa shape index (κ3) is 2.51. The summed E-state index contributed by atoms with van der Waals surface area (Å²) in [4.78, 5) is 0. The van der Waals surface area contributed by atoms with Crippen LogP contribution in [0.4, 0.5) is 9.39 Å². The highest BCUT2D eigenvalue weighted by molar-refractivity contribution is 7.10. The second kappa shape index (κ2) is 5.07. The van der Waals surface area contributed by atoms with Crippen LogP contribution in [0.3, 0.4) is 0 Å². The van der Waals surface area contributed by atoms with E-state index in [-0.39, 0.29) is 18.2 Å². The number of nitrogens with one attached hydrogen (secondary N) is 1. The van der Waals surface area contributed by atoms with Crippen LogP contribution in [0.5, 0.6) is 5.75 Å². The zero-order valence-corrected chi connectivity index (χ0v) is 9.92. The Bertz CT molecular complexity index is 517.